The van der Waals surface area contributed by atoms with Gasteiger partial charge < -0.3 is 34.7 Å². The minimum absolute atomic E-state index is 0.0141. The number of phenols is 1. The Hall–Kier alpha value is -4.68. The molecule has 5 atom stereocenters. The van der Waals surface area contributed by atoms with Gasteiger partial charge in [-0.05, 0) is 45.4 Å². The Bertz CT molecular complexity index is 1780. The fourth-order valence-corrected chi connectivity index (χ4v) is 8.18. The topological polar surface area (TPSA) is 146 Å². The Morgan fingerprint density at radius 1 is 1.27 bits per heavy atom. The van der Waals surface area contributed by atoms with Crippen molar-refractivity contribution in [3.8, 4) is 34.8 Å². The number of carbonyl (C=O) groups is 2. The second-order valence-electron chi connectivity index (χ2n) is 13.0. The van der Waals surface area contributed by atoms with E-state index in [2.05, 4.69) is 22.9 Å². The molecule has 0 spiro atoms. The Morgan fingerprint density at radius 2 is 1.98 bits per heavy atom. The maximum atomic E-state index is 13.3. The number of nitriles is 1. The number of benzene rings is 2. The van der Waals surface area contributed by atoms with Gasteiger partial charge in [-0.3, -0.25) is 19.4 Å². The Morgan fingerprint density at radius 3 is 2.63 bits per heavy atom. The van der Waals surface area contributed by atoms with E-state index >= 15 is 0 Å². The lowest BCUT2D eigenvalue weighted by atomic mass is 9.76. The molecule has 0 aliphatic carbocycles. The van der Waals surface area contributed by atoms with Gasteiger partial charge in [-0.1, -0.05) is 18.7 Å². The van der Waals surface area contributed by atoms with Crippen LogP contribution in [-0.4, -0.2) is 91.2 Å². The number of rotatable bonds is 8. The third-order valence-electron chi connectivity index (χ3n) is 9.99. The van der Waals surface area contributed by atoms with Crippen LogP contribution in [0.5, 0.6) is 28.7 Å². The van der Waals surface area contributed by atoms with Gasteiger partial charge in [0.15, 0.2) is 23.0 Å². The zero-order chi connectivity index (χ0) is 35.6. The van der Waals surface area contributed by atoms with Gasteiger partial charge in [0.1, 0.15) is 23.9 Å². The Balaban J connectivity index is 1.53. The highest BCUT2D eigenvalue weighted by Crippen LogP contribution is 2.59. The molecule has 0 radical (unpaired) electrons. The number of likely N-dealkylation sites (N-methyl/N-ethyl adjacent to an activating group) is 1. The number of alkyl halides is 3. The molecule has 2 amide bonds. The van der Waals surface area contributed by atoms with E-state index < -0.39 is 47.7 Å². The van der Waals surface area contributed by atoms with Crippen molar-refractivity contribution in [1.29, 1.82) is 5.26 Å². The summed E-state index contributed by atoms with van der Waals surface area (Å²) in [6.45, 7) is 8.80. The molecule has 262 valence electrons. The fraction of sp³-hybridized carbons (Fsp3) is 0.500. The number of aromatic hydroxyl groups is 1. The van der Waals surface area contributed by atoms with E-state index in [-0.39, 0.29) is 38.7 Å². The van der Waals surface area contributed by atoms with E-state index in [1.54, 1.807) is 11.4 Å². The van der Waals surface area contributed by atoms with Crippen LogP contribution in [0.2, 0.25) is 0 Å². The molecule has 3 N–H and O–H groups in total. The van der Waals surface area contributed by atoms with Crippen molar-refractivity contribution >= 4 is 11.8 Å². The first-order valence-electron chi connectivity index (χ1n) is 15.8. The molecule has 1 unspecified atom stereocenters. The van der Waals surface area contributed by atoms with E-state index in [0.29, 0.717) is 51.7 Å². The number of hydrogen-bond acceptors (Lipinski definition) is 10. The summed E-state index contributed by atoms with van der Waals surface area (Å²) >= 11 is 0. The van der Waals surface area contributed by atoms with E-state index in [0.717, 1.165) is 18.1 Å². The van der Waals surface area contributed by atoms with Gasteiger partial charge in [0.05, 0.1) is 25.3 Å². The predicted octanol–water partition coefficient (Wildman–Crippen LogP) is 3.27. The molecule has 2 aromatic carbocycles. The Labute approximate surface area is 281 Å². The summed E-state index contributed by atoms with van der Waals surface area (Å²) in [5, 5.41) is 27.2. The minimum atomic E-state index is -5.17. The normalized spacial score (nSPS) is 24.4. The van der Waals surface area contributed by atoms with Gasteiger partial charge in [0, 0.05) is 47.8 Å². The summed E-state index contributed by atoms with van der Waals surface area (Å²) in [6.07, 6.45) is -3.00. The number of carbonyl (C=O) groups excluding carboxylic acids is 2. The van der Waals surface area contributed by atoms with Gasteiger partial charge in [-0.15, -0.1) is 0 Å². The highest BCUT2D eigenvalue weighted by molar-refractivity contribution is 5.89. The third-order valence-corrected chi connectivity index (χ3v) is 9.99. The zero-order valence-electron chi connectivity index (χ0n) is 27.8. The molecule has 2 bridgehead atoms. The maximum Gasteiger partial charge on any atom is 0.471 e. The van der Waals surface area contributed by atoms with Crippen molar-refractivity contribution in [1.82, 2.24) is 20.4 Å². The molecule has 7 rings (SSSR count). The number of methoxy groups -OCH3 is 1. The standard InChI is InChI=1S/C34H38F3N5O7/c1-7-8-47-28-17(3)29-30(49-15-48-29)24-20(28)10-21-25-23-19(9-16(2)27(46-6)26(23)43)11-33(13-38,14-41(25)5)42(21)22(24)12-39-31(44)18(4)40-32(45)34(35,36)37/h7,9,18,21-22,25,43H,1,8,10-12,14-15H2,2-6H3,(H,39,44)(H,40,45)/t18-,21?,22-,25-,33-/m0/s1. The van der Waals surface area contributed by atoms with Crippen LogP contribution in [-0.2, 0) is 22.4 Å². The predicted molar refractivity (Wildman–Crippen MR) is 169 cm³/mol. The number of amides is 2. The van der Waals surface area contributed by atoms with Crippen molar-refractivity contribution in [2.45, 2.75) is 69.5 Å². The summed E-state index contributed by atoms with van der Waals surface area (Å²) in [7, 11) is 3.38. The molecular weight excluding hydrogens is 647 g/mol. The van der Waals surface area contributed by atoms with E-state index in [1.807, 2.05) is 31.9 Å². The van der Waals surface area contributed by atoms with Crippen LogP contribution in [0.25, 0.3) is 0 Å². The number of ether oxygens (including phenoxy) is 4. The monoisotopic (exact) mass is 685 g/mol. The van der Waals surface area contributed by atoms with Crippen LogP contribution in [0.3, 0.4) is 0 Å². The molecule has 49 heavy (non-hydrogen) atoms. The molecule has 15 heteroatoms. The van der Waals surface area contributed by atoms with Crippen molar-refractivity contribution in [3.05, 3.63) is 52.1 Å². The van der Waals surface area contributed by atoms with E-state index in [4.69, 9.17) is 18.9 Å². The molecular formula is C34H38F3N5O7. The summed E-state index contributed by atoms with van der Waals surface area (Å²) < 4.78 is 62.7. The SMILES string of the molecule is C=CCOc1c(C)c2c(c3c1CC1[C@H]4c5c(cc(C)c(OC)c5O)C[C@](C#N)(CN4C)N1[C@H]3CNC(=O)[C@H](C)NC(=O)C(F)(F)F)OCO2. The summed E-state index contributed by atoms with van der Waals surface area (Å²) in [4.78, 5) is 29.0. The van der Waals surface area contributed by atoms with Crippen LogP contribution < -0.4 is 29.6 Å². The second kappa shape index (κ2) is 12.3. The first-order chi connectivity index (χ1) is 23.2. The van der Waals surface area contributed by atoms with E-state index in [1.165, 1.54) is 7.11 Å². The average molecular weight is 686 g/mol. The van der Waals surface area contributed by atoms with Crippen LogP contribution in [0.4, 0.5) is 13.2 Å². The van der Waals surface area contributed by atoms with Gasteiger partial charge >= 0.3 is 12.1 Å². The largest absolute Gasteiger partial charge is 0.504 e. The number of halogens is 3. The summed E-state index contributed by atoms with van der Waals surface area (Å²) in [5.41, 5.74) is 2.97. The second-order valence-corrected chi connectivity index (χ2v) is 13.0. The lowest BCUT2D eigenvalue weighted by Gasteiger charge is -2.58. The first kappa shape index (κ1) is 34.2. The number of piperazine rings is 1. The van der Waals surface area contributed by atoms with Crippen LogP contribution in [0, 0.1) is 25.2 Å². The lowest BCUT2D eigenvalue weighted by Crippen LogP contribution is -2.69. The van der Waals surface area contributed by atoms with Crippen LogP contribution in [0.1, 0.15) is 52.4 Å². The van der Waals surface area contributed by atoms with Gasteiger partial charge in [-0.2, -0.15) is 18.4 Å². The molecule has 12 nitrogen and oxygen atoms in total. The minimum Gasteiger partial charge on any atom is -0.504 e. The first-order valence-corrected chi connectivity index (χ1v) is 15.8. The van der Waals surface area contributed by atoms with Gasteiger partial charge in [0.25, 0.3) is 0 Å². The van der Waals surface area contributed by atoms with Crippen molar-refractivity contribution in [2.24, 2.45) is 0 Å². The average Bonchev–Trinajstić information content (AvgIpc) is 3.45. The fourth-order valence-electron chi connectivity index (χ4n) is 8.18. The maximum absolute atomic E-state index is 13.3. The highest BCUT2D eigenvalue weighted by Gasteiger charge is 2.60. The summed E-state index contributed by atoms with van der Waals surface area (Å²) in [5.74, 6) is -1.37. The molecule has 5 heterocycles. The number of fused-ring (bicyclic) bond motifs is 4. The molecule has 0 saturated carbocycles. The van der Waals surface area contributed by atoms with Crippen molar-refractivity contribution < 1.29 is 46.8 Å². The van der Waals surface area contributed by atoms with Crippen molar-refractivity contribution in [2.75, 3.05) is 40.6 Å². The third kappa shape index (κ3) is 5.37. The van der Waals surface area contributed by atoms with Crippen molar-refractivity contribution in [3.63, 3.8) is 0 Å². The van der Waals surface area contributed by atoms with E-state index in [9.17, 15) is 33.1 Å². The van der Waals surface area contributed by atoms with Crippen LogP contribution >= 0.6 is 0 Å². The van der Waals surface area contributed by atoms with Gasteiger partial charge in [0.2, 0.25) is 12.7 Å². The Kier molecular flexibility index (Phi) is 8.60. The highest BCUT2D eigenvalue weighted by atomic mass is 19.4. The number of hydrogen-bond donors (Lipinski definition) is 3. The molecule has 0 aromatic heterocycles. The molecule has 2 aromatic rings. The molecule has 5 aliphatic heterocycles. The number of phenolic OH excluding ortho intramolecular Hbond substituents is 1. The van der Waals surface area contributed by atoms with Gasteiger partial charge in [-0.25, -0.2) is 0 Å². The number of nitrogens with one attached hydrogen (secondary N) is 2. The quantitative estimate of drug-likeness (QED) is 0.354. The number of nitrogens with zero attached hydrogens (tertiary/aromatic N) is 3. The zero-order valence-corrected chi connectivity index (χ0v) is 27.8. The molecule has 1 fully saturated rings. The molecule has 1 saturated heterocycles. The summed E-state index contributed by atoms with van der Waals surface area (Å²) in [6, 6.07) is 1.29. The smallest absolute Gasteiger partial charge is 0.471 e. The van der Waals surface area contributed by atoms with Crippen LogP contribution in [0.15, 0.2) is 18.7 Å². The molecule has 5 aliphatic rings. The number of aryl methyl sites for hydroxylation is 1. The lowest BCUT2D eigenvalue weighted by molar-refractivity contribution is -0.174.